The number of hydrogen-bond donors (Lipinski definition) is 2. The van der Waals surface area contributed by atoms with E-state index in [1.807, 2.05) is 0 Å². The maximum Gasteiger partial charge on any atom is 0.365 e. The molecule has 9 nitrogen and oxygen atoms in total. The van der Waals surface area contributed by atoms with Crippen molar-refractivity contribution in [3.05, 3.63) is 0 Å². The minimum atomic E-state index is -4.82. The first-order chi connectivity index (χ1) is 7.64. The van der Waals surface area contributed by atoms with Crippen molar-refractivity contribution in [2.75, 3.05) is 0 Å². The normalized spacial score (nSPS) is 23.9. The molecule has 0 saturated carbocycles. The predicted octanol–water partition coefficient (Wildman–Crippen LogP) is -1.97. The zero-order chi connectivity index (χ0) is 13.4. The quantitative estimate of drug-likeness (QED) is 0.344. The van der Waals surface area contributed by atoms with Gasteiger partial charge in [-0.1, -0.05) is 0 Å². The van der Waals surface area contributed by atoms with Crippen LogP contribution in [0.2, 0.25) is 0 Å². The highest BCUT2D eigenvalue weighted by Gasteiger charge is 2.56. The number of rotatable bonds is 3. The van der Waals surface area contributed by atoms with E-state index in [-0.39, 0.29) is 4.31 Å². The monoisotopic (exact) mass is 266 g/mol. The average molecular weight is 266 g/mol. The van der Waals surface area contributed by atoms with Gasteiger partial charge in [0.05, 0.1) is 0 Å². The Morgan fingerprint density at radius 2 is 1.94 bits per heavy atom. The second-order valence-corrected chi connectivity index (χ2v) is 4.58. The summed E-state index contributed by atoms with van der Waals surface area (Å²) in [6, 6.07) is -1.31. The smallest absolute Gasteiger partial charge is 0.365 e. The molecular formula is C7H10N2O7S. The van der Waals surface area contributed by atoms with Crippen molar-refractivity contribution < 1.29 is 32.1 Å². The third kappa shape index (κ3) is 2.71. The molecule has 1 heterocycles. The SMILES string of the molecule is CC(=O)N[C@@H]1C(=O)N(S(=O)(=O)O)[C@H]1OC(C)=O. The number of esters is 1. The number of carbonyl (C=O) groups excluding carboxylic acids is 3. The van der Waals surface area contributed by atoms with E-state index in [9.17, 15) is 22.8 Å². The number of β-lactam (4-membered cyclic amide) rings is 1. The molecule has 1 saturated heterocycles. The lowest BCUT2D eigenvalue weighted by Gasteiger charge is -2.42. The van der Waals surface area contributed by atoms with E-state index in [1.165, 1.54) is 0 Å². The fraction of sp³-hybridized carbons (Fsp3) is 0.571. The molecule has 0 radical (unpaired) electrons. The third-order valence-corrected chi connectivity index (χ3v) is 2.78. The van der Waals surface area contributed by atoms with Crippen molar-refractivity contribution in [3.8, 4) is 0 Å². The Hall–Kier alpha value is -1.68. The second-order valence-electron chi connectivity index (χ2n) is 3.29. The number of hydrogen-bond acceptors (Lipinski definition) is 6. The average Bonchev–Trinajstić information content (AvgIpc) is 2.10. The van der Waals surface area contributed by atoms with Gasteiger partial charge in [-0.15, -0.1) is 0 Å². The first kappa shape index (κ1) is 13.4. The van der Waals surface area contributed by atoms with Gasteiger partial charge in [0.25, 0.3) is 5.91 Å². The molecule has 0 aromatic rings. The van der Waals surface area contributed by atoms with Crippen LogP contribution in [-0.4, -0.2) is 47.3 Å². The Labute approximate surface area is 96.6 Å². The van der Waals surface area contributed by atoms with Crippen molar-refractivity contribution in [1.82, 2.24) is 9.62 Å². The largest absolute Gasteiger partial charge is 0.438 e. The van der Waals surface area contributed by atoms with Crippen LogP contribution in [-0.2, 0) is 29.4 Å². The lowest BCUT2D eigenvalue weighted by molar-refractivity contribution is -0.178. The molecule has 0 aromatic heterocycles. The van der Waals surface area contributed by atoms with Gasteiger partial charge in [0.15, 0.2) is 6.04 Å². The maximum absolute atomic E-state index is 11.3. The minimum Gasteiger partial charge on any atom is -0.438 e. The van der Waals surface area contributed by atoms with Crippen LogP contribution in [0.4, 0.5) is 0 Å². The minimum absolute atomic E-state index is 0.0188. The molecule has 2 amide bonds. The Balaban J connectivity index is 2.92. The number of nitrogens with zero attached hydrogens (tertiary/aromatic N) is 1. The van der Waals surface area contributed by atoms with Gasteiger partial charge in [-0.05, 0) is 0 Å². The van der Waals surface area contributed by atoms with Gasteiger partial charge in [0, 0.05) is 13.8 Å². The van der Waals surface area contributed by atoms with Crippen LogP contribution in [0.5, 0.6) is 0 Å². The van der Waals surface area contributed by atoms with Gasteiger partial charge in [-0.2, -0.15) is 12.7 Å². The molecule has 0 unspecified atom stereocenters. The standard InChI is InChI=1S/C7H10N2O7S/c1-3(10)8-5-6(12)9(17(13,14)15)7(5)16-4(2)11/h5,7H,1-2H3,(H,8,10)(H,13,14,15)/t5-,7+/m1/s1. The molecule has 0 bridgehead atoms. The summed E-state index contributed by atoms with van der Waals surface area (Å²) in [5.41, 5.74) is 0. The van der Waals surface area contributed by atoms with E-state index in [4.69, 9.17) is 4.55 Å². The Morgan fingerprint density at radius 1 is 1.41 bits per heavy atom. The van der Waals surface area contributed by atoms with E-state index in [1.54, 1.807) is 0 Å². The zero-order valence-electron chi connectivity index (χ0n) is 8.91. The summed E-state index contributed by atoms with van der Waals surface area (Å²) in [6.45, 7) is 2.10. The summed E-state index contributed by atoms with van der Waals surface area (Å²) in [5.74, 6) is -2.53. The Bertz CT molecular complexity index is 471. The summed E-state index contributed by atoms with van der Waals surface area (Å²) in [5, 5.41) is 2.10. The molecule has 2 N–H and O–H groups in total. The predicted molar refractivity (Wildman–Crippen MR) is 51.6 cm³/mol. The molecule has 1 aliphatic heterocycles. The molecule has 0 aliphatic carbocycles. The molecule has 96 valence electrons. The summed E-state index contributed by atoms with van der Waals surface area (Å²) >= 11 is 0. The number of carbonyl (C=O) groups is 3. The van der Waals surface area contributed by atoms with E-state index in [0.717, 1.165) is 13.8 Å². The van der Waals surface area contributed by atoms with Crippen molar-refractivity contribution >= 4 is 28.1 Å². The summed E-state index contributed by atoms with van der Waals surface area (Å²) in [4.78, 5) is 32.8. The number of amides is 2. The van der Waals surface area contributed by atoms with Crippen LogP contribution in [0, 0.1) is 0 Å². The fourth-order valence-electron chi connectivity index (χ4n) is 1.32. The molecule has 0 spiro atoms. The van der Waals surface area contributed by atoms with Crippen molar-refractivity contribution in [1.29, 1.82) is 0 Å². The van der Waals surface area contributed by atoms with Gasteiger partial charge >= 0.3 is 16.3 Å². The Kier molecular flexibility index (Phi) is 3.38. The molecular weight excluding hydrogens is 256 g/mol. The summed E-state index contributed by atoms with van der Waals surface area (Å²) in [7, 11) is -4.82. The van der Waals surface area contributed by atoms with Crippen LogP contribution >= 0.6 is 0 Å². The lowest BCUT2D eigenvalue weighted by Crippen LogP contribution is -2.72. The summed E-state index contributed by atoms with van der Waals surface area (Å²) in [6.07, 6.45) is -1.56. The highest BCUT2D eigenvalue weighted by atomic mass is 32.2. The van der Waals surface area contributed by atoms with E-state index < -0.39 is 40.4 Å². The molecule has 2 atom stereocenters. The van der Waals surface area contributed by atoms with E-state index >= 15 is 0 Å². The summed E-state index contributed by atoms with van der Waals surface area (Å²) < 4.78 is 34.8. The van der Waals surface area contributed by atoms with Crippen molar-refractivity contribution in [2.45, 2.75) is 26.1 Å². The third-order valence-electron chi connectivity index (χ3n) is 1.89. The highest BCUT2D eigenvalue weighted by Crippen LogP contribution is 2.24. The molecule has 0 aromatic carbocycles. The van der Waals surface area contributed by atoms with Gasteiger partial charge in [0.1, 0.15) is 0 Å². The molecule has 17 heavy (non-hydrogen) atoms. The van der Waals surface area contributed by atoms with Gasteiger partial charge < -0.3 is 10.1 Å². The van der Waals surface area contributed by atoms with Crippen LogP contribution in [0.1, 0.15) is 13.8 Å². The number of nitrogens with one attached hydrogen (secondary N) is 1. The lowest BCUT2D eigenvalue weighted by atomic mass is 10.1. The van der Waals surface area contributed by atoms with Gasteiger partial charge in [-0.3, -0.25) is 18.9 Å². The maximum atomic E-state index is 11.3. The van der Waals surface area contributed by atoms with Crippen LogP contribution in [0.15, 0.2) is 0 Å². The second kappa shape index (κ2) is 4.30. The topological polar surface area (TPSA) is 130 Å². The molecule has 10 heteroatoms. The highest BCUT2D eigenvalue weighted by molar-refractivity contribution is 7.84. The van der Waals surface area contributed by atoms with Crippen molar-refractivity contribution in [3.63, 3.8) is 0 Å². The van der Waals surface area contributed by atoms with Crippen LogP contribution in [0.25, 0.3) is 0 Å². The van der Waals surface area contributed by atoms with Gasteiger partial charge in [0.2, 0.25) is 12.1 Å². The first-order valence-corrected chi connectivity index (χ1v) is 5.79. The molecule has 1 rings (SSSR count). The number of ether oxygens (including phenoxy) is 1. The van der Waals surface area contributed by atoms with Crippen molar-refractivity contribution in [2.24, 2.45) is 0 Å². The molecule has 1 fully saturated rings. The first-order valence-electron chi connectivity index (χ1n) is 4.39. The molecule has 1 aliphatic rings. The van der Waals surface area contributed by atoms with Crippen LogP contribution < -0.4 is 5.32 Å². The van der Waals surface area contributed by atoms with Crippen LogP contribution in [0.3, 0.4) is 0 Å². The van der Waals surface area contributed by atoms with E-state index in [0.29, 0.717) is 0 Å². The van der Waals surface area contributed by atoms with E-state index in [2.05, 4.69) is 10.1 Å². The van der Waals surface area contributed by atoms with Gasteiger partial charge in [-0.25, -0.2) is 0 Å². The zero-order valence-corrected chi connectivity index (χ0v) is 9.72. The fourth-order valence-corrected chi connectivity index (χ4v) is 2.09. The Morgan fingerprint density at radius 3 is 2.29 bits per heavy atom.